The summed E-state index contributed by atoms with van der Waals surface area (Å²) in [6.45, 7) is 6.33. The van der Waals surface area contributed by atoms with E-state index < -0.39 is 0 Å². The molecule has 0 fully saturated rings. The maximum atomic E-state index is 6.16. The average Bonchev–Trinajstić information content (AvgIpc) is 2.76. The summed E-state index contributed by atoms with van der Waals surface area (Å²) >= 11 is 0. The summed E-state index contributed by atoms with van der Waals surface area (Å²) in [5.74, 6) is 1.52. The van der Waals surface area contributed by atoms with Crippen LogP contribution in [0.4, 0.5) is 5.82 Å². The zero-order valence-electron chi connectivity index (χ0n) is 11.8. The number of aryl methyl sites for hydroxylation is 1. The van der Waals surface area contributed by atoms with Crippen molar-refractivity contribution in [3.8, 4) is 11.4 Å². The lowest BCUT2D eigenvalue weighted by molar-refractivity contribution is 0.863. The van der Waals surface area contributed by atoms with Gasteiger partial charge in [-0.3, -0.25) is 4.98 Å². The topological polar surface area (TPSA) is 80.5 Å². The Balaban J connectivity index is 2.27. The largest absolute Gasteiger partial charge is 0.383 e. The van der Waals surface area contributed by atoms with E-state index in [0.29, 0.717) is 17.6 Å². The first kappa shape index (κ1) is 12.6. The minimum Gasteiger partial charge on any atom is -0.383 e. The van der Waals surface area contributed by atoms with Crippen LogP contribution in [0, 0.1) is 6.92 Å². The summed E-state index contributed by atoms with van der Waals surface area (Å²) in [4.78, 5) is 16.4. The number of nitrogens with one attached hydrogen (secondary N) is 1. The summed E-state index contributed by atoms with van der Waals surface area (Å²) in [5, 5.41) is 0.940. The Morgan fingerprint density at radius 3 is 2.50 bits per heavy atom. The number of rotatable bonds is 2. The third kappa shape index (κ3) is 1.91. The fraction of sp³-hybridized carbons (Fsp3) is 0.267. The van der Waals surface area contributed by atoms with E-state index in [1.807, 2.05) is 19.1 Å². The van der Waals surface area contributed by atoms with Gasteiger partial charge in [0.2, 0.25) is 0 Å². The third-order valence-corrected chi connectivity index (χ3v) is 3.43. The third-order valence-electron chi connectivity index (χ3n) is 3.43. The fourth-order valence-corrected chi connectivity index (χ4v) is 2.62. The first-order valence-electron chi connectivity index (χ1n) is 6.64. The van der Waals surface area contributed by atoms with Gasteiger partial charge in [0, 0.05) is 23.7 Å². The molecule has 3 rings (SSSR count). The van der Waals surface area contributed by atoms with Gasteiger partial charge in [0.15, 0.2) is 5.82 Å². The van der Waals surface area contributed by atoms with Gasteiger partial charge in [-0.25, -0.2) is 9.97 Å². The molecule has 3 heterocycles. The van der Waals surface area contributed by atoms with Crippen molar-refractivity contribution in [3.63, 3.8) is 0 Å². The molecule has 0 radical (unpaired) electrons. The fourth-order valence-electron chi connectivity index (χ4n) is 2.62. The molecule has 0 bridgehead atoms. The first-order valence-corrected chi connectivity index (χ1v) is 6.64. The molecule has 102 valence electrons. The van der Waals surface area contributed by atoms with E-state index in [4.69, 9.17) is 5.73 Å². The predicted molar refractivity (Wildman–Crippen MR) is 80.4 cm³/mol. The summed E-state index contributed by atoms with van der Waals surface area (Å²) < 4.78 is 0. The van der Waals surface area contributed by atoms with E-state index in [2.05, 4.69) is 33.8 Å². The lowest BCUT2D eigenvalue weighted by Gasteiger charge is -2.07. The van der Waals surface area contributed by atoms with Crippen LogP contribution in [0.25, 0.3) is 22.4 Å². The van der Waals surface area contributed by atoms with Crippen LogP contribution in [0.2, 0.25) is 0 Å². The van der Waals surface area contributed by atoms with Gasteiger partial charge in [0.25, 0.3) is 0 Å². The van der Waals surface area contributed by atoms with Crippen LogP contribution in [0.15, 0.2) is 24.5 Å². The van der Waals surface area contributed by atoms with Gasteiger partial charge in [-0.1, -0.05) is 13.8 Å². The maximum Gasteiger partial charge on any atom is 0.164 e. The molecule has 0 saturated carbocycles. The molecule has 0 saturated heterocycles. The highest BCUT2D eigenvalue weighted by molar-refractivity contribution is 5.92. The second-order valence-corrected chi connectivity index (χ2v) is 5.21. The second kappa shape index (κ2) is 4.59. The maximum absolute atomic E-state index is 6.16. The Kier molecular flexibility index (Phi) is 2.89. The van der Waals surface area contributed by atoms with Gasteiger partial charge in [-0.15, -0.1) is 0 Å². The van der Waals surface area contributed by atoms with E-state index >= 15 is 0 Å². The highest BCUT2D eigenvalue weighted by Crippen LogP contribution is 2.32. The number of nitrogen functional groups attached to an aromatic ring is 1. The molecule has 0 aliphatic heterocycles. The van der Waals surface area contributed by atoms with Gasteiger partial charge in [-0.05, 0) is 30.5 Å². The van der Waals surface area contributed by atoms with E-state index in [1.54, 1.807) is 12.4 Å². The van der Waals surface area contributed by atoms with Gasteiger partial charge in [-0.2, -0.15) is 0 Å². The molecule has 0 amide bonds. The number of fused-ring (bicyclic) bond motifs is 1. The Morgan fingerprint density at radius 2 is 1.85 bits per heavy atom. The molecule has 3 aromatic heterocycles. The Bertz CT molecular complexity index is 759. The zero-order valence-corrected chi connectivity index (χ0v) is 11.8. The van der Waals surface area contributed by atoms with Crippen molar-refractivity contribution in [1.82, 2.24) is 19.9 Å². The van der Waals surface area contributed by atoms with E-state index in [0.717, 1.165) is 22.3 Å². The first-order chi connectivity index (χ1) is 9.58. The van der Waals surface area contributed by atoms with Crippen molar-refractivity contribution < 1.29 is 0 Å². The van der Waals surface area contributed by atoms with Crippen LogP contribution in [0.1, 0.15) is 31.0 Å². The number of aromatic amines is 1. The van der Waals surface area contributed by atoms with E-state index in [-0.39, 0.29) is 0 Å². The van der Waals surface area contributed by atoms with Gasteiger partial charge < -0.3 is 10.7 Å². The molecule has 0 atom stereocenters. The monoisotopic (exact) mass is 267 g/mol. The number of nitrogens with two attached hydrogens (primary N) is 1. The van der Waals surface area contributed by atoms with Crippen LogP contribution < -0.4 is 5.73 Å². The highest BCUT2D eigenvalue weighted by Gasteiger charge is 2.17. The molecule has 5 nitrogen and oxygen atoms in total. The minimum atomic E-state index is 0.376. The van der Waals surface area contributed by atoms with Crippen LogP contribution in [-0.2, 0) is 0 Å². The minimum absolute atomic E-state index is 0.376. The second-order valence-electron chi connectivity index (χ2n) is 5.21. The van der Waals surface area contributed by atoms with Crippen molar-refractivity contribution in [1.29, 1.82) is 0 Å². The lowest BCUT2D eigenvalue weighted by Crippen LogP contribution is -1.99. The summed E-state index contributed by atoms with van der Waals surface area (Å²) in [7, 11) is 0. The lowest BCUT2D eigenvalue weighted by atomic mass is 10.0. The van der Waals surface area contributed by atoms with Crippen molar-refractivity contribution in [3.05, 3.63) is 35.8 Å². The molecule has 0 aliphatic rings. The number of H-pyrrole nitrogens is 1. The normalized spacial score (nSPS) is 11.4. The Morgan fingerprint density at radius 1 is 1.15 bits per heavy atom. The van der Waals surface area contributed by atoms with Crippen molar-refractivity contribution in [2.45, 2.75) is 26.7 Å². The number of hydrogen-bond donors (Lipinski definition) is 2. The predicted octanol–water partition coefficient (Wildman–Crippen LogP) is 3.03. The van der Waals surface area contributed by atoms with Gasteiger partial charge in [0.1, 0.15) is 11.5 Å². The van der Waals surface area contributed by atoms with Crippen molar-refractivity contribution in [2.75, 3.05) is 5.73 Å². The SMILES string of the molecule is Cc1[nH]c2nc(-c3ccncc3)nc(N)c2c1C(C)C. The molecule has 5 heteroatoms. The summed E-state index contributed by atoms with van der Waals surface area (Å²) in [6.07, 6.45) is 3.44. The molecular formula is C15H17N5. The number of hydrogen-bond acceptors (Lipinski definition) is 4. The van der Waals surface area contributed by atoms with Crippen LogP contribution in [0.3, 0.4) is 0 Å². The highest BCUT2D eigenvalue weighted by atomic mass is 15.0. The smallest absolute Gasteiger partial charge is 0.164 e. The number of anilines is 1. The summed E-state index contributed by atoms with van der Waals surface area (Å²) in [6, 6.07) is 3.75. The van der Waals surface area contributed by atoms with E-state index in [1.165, 1.54) is 5.56 Å². The summed E-state index contributed by atoms with van der Waals surface area (Å²) in [5.41, 5.74) is 10.2. The molecule has 0 aromatic carbocycles. The van der Waals surface area contributed by atoms with Crippen LogP contribution >= 0.6 is 0 Å². The molecule has 3 N–H and O–H groups in total. The van der Waals surface area contributed by atoms with Crippen LogP contribution in [0.5, 0.6) is 0 Å². The molecule has 3 aromatic rings. The molecular weight excluding hydrogens is 250 g/mol. The number of nitrogens with zero attached hydrogens (tertiary/aromatic N) is 3. The van der Waals surface area contributed by atoms with E-state index in [9.17, 15) is 0 Å². The Hall–Kier alpha value is -2.43. The molecule has 0 spiro atoms. The van der Waals surface area contributed by atoms with Crippen LogP contribution in [-0.4, -0.2) is 19.9 Å². The standard InChI is InChI=1S/C15H17N5/c1-8(2)11-9(3)18-15-12(11)13(16)19-14(20-15)10-4-6-17-7-5-10/h4-8H,1-3H3,(H3,16,18,19,20). The molecule has 0 unspecified atom stereocenters. The Labute approximate surface area is 117 Å². The zero-order chi connectivity index (χ0) is 14.3. The van der Waals surface area contributed by atoms with Gasteiger partial charge >= 0.3 is 0 Å². The number of pyridine rings is 1. The van der Waals surface area contributed by atoms with Gasteiger partial charge in [0.05, 0.1) is 5.39 Å². The molecule has 20 heavy (non-hydrogen) atoms. The van der Waals surface area contributed by atoms with Crippen molar-refractivity contribution in [2.24, 2.45) is 0 Å². The number of aromatic nitrogens is 4. The molecule has 0 aliphatic carbocycles. The average molecular weight is 267 g/mol. The quantitative estimate of drug-likeness (QED) is 0.747. The van der Waals surface area contributed by atoms with Crippen molar-refractivity contribution >= 4 is 16.9 Å².